The Hall–Kier alpha value is -3.97. The first-order valence-corrected chi connectivity index (χ1v) is 11.2. The maximum atomic E-state index is 13.8. The summed E-state index contributed by atoms with van der Waals surface area (Å²) < 4.78 is 22.5. The Morgan fingerprint density at radius 1 is 0.914 bits per heavy atom. The number of nitrogens with zero attached hydrogens (tertiary/aromatic N) is 1. The summed E-state index contributed by atoms with van der Waals surface area (Å²) in [5, 5.41) is 0.889. The molecule has 0 N–H and O–H groups in total. The molecule has 7 nitrogen and oxygen atoms in total. The second-order valence-corrected chi connectivity index (χ2v) is 8.55. The first kappa shape index (κ1) is 22.8. The van der Waals surface area contributed by atoms with E-state index in [2.05, 4.69) is 0 Å². The molecule has 178 valence electrons. The van der Waals surface area contributed by atoms with E-state index < -0.39 is 11.9 Å². The zero-order chi connectivity index (χ0) is 24.9. The van der Waals surface area contributed by atoms with Gasteiger partial charge in [-0.15, -0.1) is 0 Å². The summed E-state index contributed by atoms with van der Waals surface area (Å²) in [7, 11) is 4.53. The minimum absolute atomic E-state index is 0.0100. The van der Waals surface area contributed by atoms with E-state index in [0.717, 1.165) is 5.56 Å². The number of benzene rings is 3. The molecule has 4 aromatic rings. The van der Waals surface area contributed by atoms with E-state index in [1.54, 1.807) is 48.5 Å². The molecule has 0 bridgehead atoms. The minimum Gasteiger partial charge on any atom is -0.493 e. The number of hydrogen-bond donors (Lipinski definition) is 0. The monoisotopic (exact) mass is 491 g/mol. The predicted molar refractivity (Wildman–Crippen MR) is 133 cm³/mol. The topological polar surface area (TPSA) is 78.2 Å². The highest BCUT2D eigenvalue weighted by Gasteiger charge is 2.44. The van der Waals surface area contributed by atoms with E-state index in [9.17, 15) is 9.59 Å². The summed E-state index contributed by atoms with van der Waals surface area (Å²) in [6, 6.07) is 14.8. The molecule has 1 atom stereocenters. The Bertz CT molecular complexity index is 1520. The van der Waals surface area contributed by atoms with Gasteiger partial charge in [0.05, 0.1) is 38.3 Å². The van der Waals surface area contributed by atoms with Gasteiger partial charge in [-0.25, -0.2) is 0 Å². The quantitative estimate of drug-likeness (QED) is 0.365. The maximum absolute atomic E-state index is 13.8. The van der Waals surface area contributed by atoms with Crippen molar-refractivity contribution >= 4 is 34.2 Å². The number of hydrogen-bond acceptors (Lipinski definition) is 6. The molecule has 0 aliphatic carbocycles. The van der Waals surface area contributed by atoms with Crippen LogP contribution in [0.5, 0.6) is 17.2 Å². The molecule has 8 heteroatoms. The van der Waals surface area contributed by atoms with Gasteiger partial charge in [-0.3, -0.25) is 14.5 Å². The van der Waals surface area contributed by atoms with Gasteiger partial charge in [-0.1, -0.05) is 29.8 Å². The largest absolute Gasteiger partial charge is 0.493 e. The van der Waals surface area contributed by atoms with Crippen LogP contribution in [0.4, 0.5) is 5.69 Å². The van der Waals surface area contributed by atoms with E-state index in [1.165, 1.54) is 26.2 Å². The zero-order valence-corrected chi connectivity index (χ0v) is 20.3. The average Bonchev–Trinajstić information content (AvgIpc) is 3.17. The van der Waals surface area contributed by atoms with Gasteiger partial charge in [-0.05, 0) is 54.4 Å². The van der Waals surface area contributed by atoms with Crippen LogP contribution in [-0.4, -0.2) is 27.2 Å². The van der Waals surface area contributed by atoms with Crippen molar-refractivity contribution in [2.24, 2.45) is 0 Å². The molecule has 1 unspecified atom stereocenters. The van der Waals surface area contributed by atoms with E-state index in [0.29, 0.717) is 44.5 Å². The Balaban J connectivity index is 1.84. The van der Waals surface area contributed by atoms with Crippen molar-refractivity contribution in [1.82, 2.24) is 0 Å². The number of methoxy groups -OCH3 is 3. The van der Waals surface area contributed by atoms with Crippen LogP contribution in [0.3, 0.4) is 0 Å². The van der Waals surface area contributed by atoms with E-state index in [1.807, 2.05) is 13.0 Å². The molecule has 0 radical (unpaired) electrons. The lowest BCUT2D eigenvalue weighted by Gasteiger charge is -2.26. The van der Waals surface area contributed by atoms with Crippen LogP contribution in [0.15, 0.2) is 63.8 Å². The number of aryl methyl sites for hydroxylation is 1. The summed E-state index contributed by atoms with van der Waals surface area (Å²) in [4.78, 5) is 29.0. The second kappa shape index (κ2) is 8.67. The number of rotatable bonds is 5. The van der Waals surface area contributed by atoms with Crippen LogP contribution in [0, 0.1) is 6.92 Å². The molecule has 1 aliphatic heterocycles. The molecule has 0 saturated heterocycles. The van der Waals surface area contributed by atoms with Crippen LogP contribution >= 0.6 is 11.6 Å². The smallest absolute Gasteiger partial charge is 0.295 e. The van der Waals surface area contributed by atoms with Crippen LogP contribution in [0.25, 0.3) is 11.0 Å². The van der Waals surface area contributed by atoms with Gasteiger partial charge in [0.25, 0.3) is 5.91 Å². The van der Waals surface area contributed by atoms with Crippen LogP contribution in [0.1, 0.15) is 33.3 Å². The Kier molecular flexibility index (Phi) is 5.65. The van der Waals surface area contributed by atoms with Crippen molar-refractivity contribution in [3.63, 3.8) is 0 Å². The molecule has 1 amide bonds. The molecule has 1 aromatic heterocycles. The lowest BCUT2D eigenvalue weighted by Crippen LogP contribution is -2.29. The molecule has 3 aromatic carbocycles. The van der Waals surface area contributed by atoms with Crippen molar-refractivity contribution in [3.05, 3.63) is 92.3 Å². The fourth-order valence-electron chi connectivity index (χ4n) is 4.49. The standard InChI is InChI=1S/C27H22ClNO6/c1-14-9-10-16(13-18(14)28)29-23(15-11-20(32-2)25(34-4)21(12-15)33-3)22-24(30)17-7-5-6-8-19(17)35-26(22)27(29)31/h5-13,23H,1-4H3. The van der Waals surface area contributed by atoms with E-state index >= 15 is 0 Å². The number of carbonyl (C=O) groups is 1. The van der Waals surface area contributed by atoms with Gasteiger partial charge in [0.15, 0.2) is 16.9 Å². The summed E-state index contributed by atoms with van der Waals surface area (Å²) in [6.07, 6.45) is 0. The van der Waals surface area contributed by atoms with Gasteiger partial charge in [0.2, 0.25) is 11.5 Å². The highest BCUT2D eigenvalue weighted by molar-refractivity contribution is 6.31. The van der Waals surface area contributed by atoms with Crippen LogP contribution in [0.2, 0.25) is 5.02 Å². The lowest BCUT2D eigenvalue weighted by molar-refractivity contribution is 0.0971. The van der Waals surface area contributed by atoms with Crippen molar-refractivity contribution < 1.29 is 23.4 Å². The molecular formula is C27H22ClNO6. The third kappa shape index (κ3) is 3.51. The van der Waals surface area contributed by atoms with Crippen molar-refractivity contribution in [3.8, 4) is 17.2 Å². The van der Waals surface area contributed by atoms with Crippen molar-refractivity contribution in [1.29, 1.82) is 0 Å². The number of para-hydroxylation sites is 1. The van der Waals surface area contributed by atoms with Gasteiger partial charge < -0.3 is 18.6 Å². The highest BCUT2D eigenvalue weighted by Crippen LogP contribution is 2.46. The van der Waals surface area contributed by atoms with Gasteiger partial charge in [-0.2, -0.15) is 0 Å². The summed E-state index contributed by atoms with van der Waals surface area (Å²) in [5.41, 5.74) is 2.28. The summed E-state index contributed by atoms with van der Waals surface area (Å²) in [5.74, 6) is 0.745. The summed E-state index contributed by atoms with van der Waals surface area (Å²) in [6.45, 7) is 1.88. The molecule has 0 fully saturated rings. The fourth-order valence-corrected chi connectivity index (χ4v) is 4.67. The highest BCUT2D eigenvalue weighted by atomic mass is 35.5. The third-order valence-corrected chi connectivity index (χ3v) is 6.62. The molecule has 35 heavy (non-hydrogen) atoms. The number of halogens is 1. The van der Waals surface area contributed by atoms with Crippen molar-refractivity contribution in [2.75, 3.05) is 26.2 Å². The number of fused-ring (bicyclic) bond motifs is 2. The molecule has 0 spiro atoms. The first-order valence-electron chi connectivity index (χ1n) is 10.8. The molecular weight excluding hydrogens is 470 g/mol. The van der Waals surface area contributed by atoms with Gasteiger partial charge in [0.1, 0.15) is 5.58 Å². The zero-order valence-electron chi connectivity index (χ0n) is 19.5. The SMILES string of the molecule is COc1cc(C2c3c(oc4ccccc4c3=O)C(=O)N2c2ccc(C)c(Cl)c2)cc(OC)c1OC. The Morgan fingerprint density at radius 3 is 2.23 bits per heavy atom. The third-order valence-electron chi connectivity index (χ3n) is 6.21. The van der Waals surface area contributed by atoms with Gasteiger partial charge >= 0.3 is 0 Å². The number of amides is 1. The van der Waals surface area contributed by atoms with Crippen LogP contribution in [-0.2, 0) is 0 Å². The Morgan fingerprint density at radius 2 is 1.60 bits per heavy atom. The normalized spacial score (nSPS) is 14.8. The second-order valence-electron chi connectivity index (χ2n) is 8.14. The van der Waals surface area contributed by atoms with E-state index in [-0.39, 0.29) is 16.8 Å². The number of carbonyl (C=O) groups excluding carboxylic acids is 1. The van der Waals surface area contributed by atoms with Crippen LogP contribution < -0.4 is 24.5 Å². The molecule has 5 rings (SSSR count). The average molecular weight is 492 g/mol. The van der Waals surface area contributed by atoms with E-state index in [4.69, 9.17) is 30.2 Å². The maximum Gasteiger partial charge on any atom is 0.295 e. The predicted octanol–water partition coefficient (Wildman–Crippen LogP) is 5.53. The summed E-state index contributed by atoms with van der Waals surface area (Å²) >= 11 is 6.42. The molecule has 1 aliphatic rings. The molecule has 2 heterocycles. The lowest BCUT2D eigenvalue weighted by atomic mass is 9.97. The fraction of sp³-hybridized carbons (Fsp3) is 0.185. The Labute approximate surface area is 206 Å². The van der Waals surface area contributed by atoms with Gasteiger partial charge in [0, 0.05) is 10.7 Å². The minimum atomic E-state index is -0.814. The first-order chi connectivity index (χ1) is 16.9. The molecule has 0 saturated carbocycles. The number of ether oxygens (including phenoxy) is 3. The van der Waals surface area contributed by atoms with Crippen molar-refractivity contribution in [2.45, 2.75) is 13.0 Å². The number of anilines is 1.